The van der Waals surface area contributed by atoms with Crippen LogP contribution >= 0.6 is 0 Å². The lowest BCUT2D eigenvalue weighted by molar-refractivity contribution is -0.158. The Morgan fingerprint density at radius 1 is 1.10 bits per heavy atom. The van der Waals surface area contributed by atoms with Crippen molar-refractivity contribution in [1.29, 1.82) is 0 Å². The highest BCUT2D eigenvalue weighted by Gasteiger charge is 2.51. The van der Waals surface area contributed by atoms with Crippen LogP contribution in [-0.2, 0) is 14.3 Å². The predicted octanol–water partition coefficient (Wildman–Crippen LogP) is 3.28. The Hall–Kier alpha value is -2.37. The summed E-state index contributed by atoms with van der Waals surface area (Å²) < 4.78 is 10.7. The number of ketones is 1. The average molecular weight is 399 g/mol. The minimum atomic E-state index is -0.859. The summed E-state index contributed by atoms with van der Waals surface area (Å²) in [6, 6.07) is 6.63. The molecule has 4 bridgehead atoms. The van der Waals surface area contributed by atoms with Gasteiger partial charge in [0.2, 0.25) is 0 Å². The van der Waals surface area contributed by atoms with Gasteiger partial charge in [-0.15, -0.1) is 0 Å². The first-order chi connectivity index (χ1) is 13.8. The Balaban J connectivity index is 1.27. The Bertz CT molecular complexity index is 782. The molecule has 0 heterocycles. The first kappa shape index (κ1) is 19.9. The molecule has 29 heavy (non-hydrogen) atoms. The zero-order valence-electron chi connectivity index (χ0n) is 17.1. The monoisotopic (exact) mass is 399 g/mol. The summed E-state index contributed by atoms with van der Waals surface area (Å²) in [5, 5.41) is 3.23. The molecule has 0 aliphatic heterocycles. The number of esters is 1. The minimum Gasteiger partial charge on any atom is -0.482 e. The maximum absolute atomic E-state index is 12.7. The number of hydrogen-bond acceptors (Lipinski definition) is 5. The van der Waals surface area contributed by atoms with E-state index in [1.165, 1.54) is 26.2 Å². The van der Waals surface area contributed by atoms with Gasteiger partial charge in [0.1, 0.15) is 5.75 Å². The van der Waals surface area contributed by atoms with Crippen molar-refractivity contribution in [2.75, 3.05) is 6.61 Å². The molecular weight excluding hydrogens is 370 g/mol. The van der Waals surface area contributed by atoms with Crippen molar-refractivity contribution < 1.29 is 23.9 Å². The van der Waals surface area contributed by atoms with Crippen molar-refractivity contribution in [3.63, 3.8) is 0 Å². The number of hydrogen-bond donors (Lipinski definition) is 1. The normalized spacial score (nSPS) is 30.5. The van der Waals surface area contributed by atoms with Crippen LogP contribution in [0.2, 0.25) is 0 Å². The molecular formula is C23H29NO5. The summed E-state index contributed by atoms with van der Waals surface area (Å²) in [7, 11) is 0. The van der Waals surface area contributed by atoms with Crippen molar-refractivity contribution in [2.45, 2.75) is 64.0 Å². The van der Waals surface area contributed by atoms with Gasteiger partial charge >= 0.3 is 5.97 Å². The molecule has 1 N–H and O–H groups in total. The van der Waals surface area contributed by atoms with E-state index in [9.17, 15) is 14.4 Å². The minimum absolute atomic E-state index is 0.0759. The number of nitrogens with one attached hydrogen (secondary N) is 1. The number of rotatable bonds is 7. The van der Waals surface area contributed by atoms with Gasteiger partial charge in [-0.1, -0.05) is 12.1 Å². The van der Waals surface area contributed by atoms with Crippen LogP contribution < -0.4 is 10.1 Å². The van der Waals surface area contributed by atoms with E-state index in [1.54, 1.807) is 31.2 Å². The summed E-state index contributed by atoms with van der Waals surface area (Å²) in [5.41, 5.74) is 0.412. The smallest absolute Gasteiger partial charge is 0.344 e. The fraction of sp³-hybridized carbons (Fsp3) is 0.609. The number of Topliss-reactive ketones (excluding diaryl/α,β-unsaturated/α-hetero) is 1. The van der Waals surface area contributed by atoms with Crippen molar-refractivity contribution in [3.05, 3.63) is 29.8 Å². The van der Waals surface area contributed by atoms with E-state index >= 15 is 0 Å². The fourth-order valence-electron chi connectivity index (χ4n) is 5.86. The van der Waals surface area contributed by atoms with E-state index in [4.69, 9.17) is 9.47 Å². The van der Waals surface area contributed by atoms with E-state index in [0.29, 0.717) is 11.3 Å². The summed E-state index contributed by atoms with van der Waals surface area (Å²) in [4.78, 5) is 36.2. The maximum atomic E-state index is 12.7. The van der Waals surface area contributed by atoms with Gasteiger partial charge in [0.15, 0.2) is 18.5 Å². The second kappa shape index (κ2) is 7.81. The van der Waals surface area contributed by atoms with Gasteiger partial charge in [0.05, 0.1) is 0 Å². The second-order valence-corrected chi connectivity index (χ2v) is 9.19. The van der Waals surface area contributed by atoms with E-state index in [0.717, 1.165) is 37.0 Å². The molecule has 0 unspecified atom stereocenters. The molecule has 1 aromatic carbocycles. The van der Waals surface area contributed by atoms with Gasteiger partial charge in [-0.3, -0.25) is 9.59 Å². The van der Waals surface area contributed by atoms with Crippen molar-refractivity contribution in [1.82, 2.24) is 5.32 Å². The van der Waals surface area contributed by atoms with Crippen LogP contribution in [0.4, 0.5) is 0 Å². The van der Waals surface area contributed by atoms with E-state index in [2.05, 4.69) is 5.32 Å². The number of ether oxygens (including phenoxy) is 2. The molecule has 4 aliphatic carbocycles. The molecule has 1 aromatic rings. The van der Waals surface area contributed by atoms with Gasteiger partial charge in [-0.2, -0.15) is 0 Å². The number of amides is 1. The molecule has 0 aromatic heterocycles. The second-order valence-electron chi connectivity index (χ2n) is 9.19. The van der Waals surface area contributed by atoms with Crippen LogP contribution in [0.15, 0.2) is 24.3 Å². The molecule has 4 fully saturated rings. The molecule has 4 saturated carbocycles. The van der Waals surface area contributed by atoms with Gasteiger partial charge in [0.25, 0.3) is 5.91 Å². The molecule has 1 amide bonds. The molecule has 0 spiro atoms. The molecule has 4 aliphatic rings. The number of benzene rings is 1. The summed E-state index contributed by atoms with van der Waals surface area (Å²) in [5.74, 6) is 1.72. The van der Waals surface area contributed by atoms with Gasteiger partial charge < -0.3 is 14.8 Å². The fourth-order valence-corrected chi connectivity index (χ4v) is 5.86. The van der Waals surface area contributed by atoms with Crippen molar-refractivity contribution >= 4 is 17.7 Å². The molecule has 5 rings (SSSR count). The molecule has 6 nitrogen and oxygen atoms in total. The first-order valence-corrected chi connectivity index (χ1v) is 10.6. The van der Waals surface area contributed by atoms with Crippen molar-refractivity contribution in [3.8, 4) is 5.75 Å². The van der Waals surface area contributed by atoms with Gasteiger partial charge in [-0.05, 0) is 82.3 Å². The largest absolute Gasteiger partial charge is 0.482 e. The van der Waals surface area contributed by atoms with E-state index in [1.807, 2.05) is 0 Å². The van der Waals surface area contributed by atoms with Crippen LogP contribution in [0.25, 0.3) is 0 Å². The molecule has 6 heteroatoms. The zero-order valence-corrected chi connectivity index (χ0v) is 17.1. The van der Waals surface area contributed by atoms with Crippen LogP contribution in [0.5, 0.6) is 5.75 Å². The topological polar surface area (TPSA) is 81.7 Å². The van der Waals surface area contributed by atoms with Gasteiger partial charge in [0, 0.05) is 11.1 Å². The molecule has 1 atom stereocenters. The van der Waals surface area contributed by atoms with Crippen LogP contribution in [0.3, 0.4) is 0 Å². The molecule has 156 valence electrons. The van der Waals surface area contributed by atoms with E-state index < -0.39 is 12.1 Å². The van der Waals surface area contributed by atoms with E-state index in [-0.39, 0.29) is 23.8 Å². The Morgan fingerprint density at radius 2 is 1.72 bits per heavy atom. The van der Waals surface area contributed by atoms with Crippen LogP contribution in [-0.4, -0.2) is 35.9 Å². The Morgan fingerprint density at radius 3 is 2.31 bits per heavy atom. The van der Waals surface area contributed by atoms with Crippen molar-refractivity contribution in [2.24, 2.45) is 17.8 Å². The lowest BCUT2D eigenvalue weighted by Gasteiger charge is -2.57. The lowest BCUT2D eigenvalue weighted by Crippen LogP contribution is -2.61. The predicted molar refractivity (Wildman–Crippen MR) is 107 cm³/mol. The highest BCUT2D eigenvalue weighted by molar-refractivity contribution is 5.94. The number of carbonyl (C=O) groups is 3. The maximum Gasteiger partial charge on any atom is 0.344 e. The highest BCUT2D eigenvalue weighted by Crippen LogP contribution is 2.55. The SMILES string of the molecule is CC(=O)c1cccc(OCC(=O)O[C@@H](C)C(=O)NC23CC4CC(CC(C4)C2)C3)c1. The third kappa shape index (κ3) is 4.46. The summed E-state index contributed by atoms with van der Waals surface area (Å²) in [6.45, 7) is 2.76. The summed E-state index contributed by atoms with van der Waals surface area (Å²) >= 11 is 0. The number of carbonyl (C=O) groups excluding carboxylic acids is 3. The standard InChI is InChI=1S/C23H29NO5/c1-14(25)19-4-3-5-20(9-19)28-13-21(26)29-15(2)22(27)24-23-10-16-6-17(11-23)8-18(7-16)12-23/h3-5,9,15-18H,6-8,10-13H2,1-2H3,(H,24,27)/t15-,16?,17?,18?,23?/m0/s1. The van der Waals surface area contributed by atoms with Crippen LogP contribution in [0.1, 0.15) is 62.7 Å². The zero-order chi connectivity index (χ0) is 20.6. The third-order valence-electron chi connectivity index (χ3n) is 6.70. The van der Waals surface area contributed by atoms with Gasteiger partial charge in [-0.25, -0.2) is 4.79 Å². The average Bonchev–Trinajstić information content (AvgIpc) is 2.65. The quantitative estimate of drug-likeness (QED) is 0.562. The highest BCUT2D eigenvalue weighted by atomic mass is 16.6. The Kier molecular flexibility index (Phi) is 5.36. The Labute approximate surface area is 171 Å². The molecule has 0 saturated heterocycles. The lowest BCUT2D eigenvalue weighted by atomic mass is 9.53. The summed E-state index contributed by atoms with van der Waals surface area (Å²) in [6.07, 6.45) is 6.23. The first-order valence-electron chi connectivity index (χ1n) is 10.6. The van der Waals surface area contributed by atoms with Crippen LogP contribution in [0, 0.1) is 17.8 Å². The molecule has 0 radical (unpaired) electrons. The third-order valence-corrected chi connectivity index (χ3v) is 6.70.